The summed E-state index contributed by atoms with van der Waals surface area (Å²) in [5.41, 5.74) is -1.48. The van der Waals surface area contributed by atoms with Crippen molar-refractivity contribution in [3.05, 3.63) is 12.2 Å². The lowest BCUT2D eigenvalue weighted by atomic mass is 9.81. The molecule has 0 aromatic carbocycles. The summed E-state index contributed by atoms with van der Waals surface area (Å²) >= 11 is 0. The van der Waals surface area contributed by atoms with Gasteiger partial charge >= 0.3 is 5.97 Å². The number of fused-ring (bicyclic) bond motifs is 1. The van der Waals surface area contributed by atoms with Crippen LogP contribution in [0.3, 0.4) is 0 Å². The van der Waals surface area contributed by atoms with Crippen molar-refractivity contribution in [2.45, 2.75) is 57.3 Å². The summed E-state index contributed by atoms with van der Waals surface area (Å²) in [5, 5.41) is 1.17. The molecule has 116 valence electrons. The topological polar surface area (TPSA) is 74.3 Å². The molecular weight excluding hydrogens is 278 g/mol. The smallest absolute Gasteiger partial charge is 0.348 e. The number of esters is 1. The maximum Gasteiger partial charge on any atom is 0.348 e. The number of carbonyl (C=O) groups is 2. The van der Waals surface area contributed by atoms with E-state index in [-0.39, 0.29) is 12.5 Å². The summed E-state index contributed by atoms with van der Waals surface area (Å²) < 4.78 is 16.8. The molecule has 7 nitrogen and oxygen atoms in total. The zero-order valence-electron chi connectivity index (χ0n) is 12.5. The number of ether oxygens (including phenoxy) is 3. The SMILES string of the molecule is CCOC(=O)[C@]12C=C[C@H]([C@H]3OC(C)(C)O[C@H]31)N(C(C)=O)O2. The van der Waals surface area contributed by atoms with Gasteiger partial charge in [-0.3, -0.25) is 4.79 Å². The van der Waals surface area contributed by atoms with Crippen molar-refractivity contribution >= 4 is 11.9 Å². The average Bonchev–Trinajstić information content (AvgIpc) is 2.76. The van der Waals surface area contributed by atoms with Crippen molar-refractivity contribution in [3.8, 4) is 0 Å². The Morgan fingerprint density at radius 1 is 1.33 bits per heavy atom. The van der Waals surface area contributed by atoms with E-state index in [1.165, 1.54) is 12.0 Å². The molecule has 0 saturated carbocycles. The Kier molecular flexibility index (Phi) is 3.12. The van der Waals surface area contributed by atoms with Gasteiger partial charge in [-0.15, -0.1) is 0 Å². The quantitative estimate of drug-likeness (QED) is 0.547. The molecule has 2 bridgehead atoms. The van der Waals surface area contributed by atoms with E-state index in [0.717, 1.165) is 0 Å². The highest BCUT2D eigenvalue weighted by Gasteiger charge is 2.67. The maximum atomic E-state index is 12.4. The molecule has 7 heteroatoms. The second-order valence-electron chi connectivity index (χ2n) is 5.82. The van der Waals surface area contributed by atoms with Crippen LogP contribution in [0, 0.1) is 0 Å². The third-order valence-corrected chi connectivity index (χ3v) is 3.85. The van der Waals surface area contributed by atoms with Gasteiger partial charge < -0.3 is 14.2 Å². The molecular formula is C14H19NO6. The van der Waals surface area contributed by atoms with E-state index in [1.807, 2.05) is 0 Å². The lowest BCUT2D eigenvalue weighted by molar-refractivity contribution is -0.299. The second-order valence-corrected chi connectivity index (χ2v) is 5.82. The van der Waals surface area contributed by atoms with Gasteiger partial charge in [-0.05, 0) is 26.8 Å². The molecule has 0 unspecified atom stereocenters. The maximum absolute atomic E-state index is 12.4. The van der Waals surface area contributed by atoms with E-state index in [9.17, 15) is 9.59 Å². The van der Waals surface area contributed by atoms with Crippen molar-refractivity contribution in [2.24, 2.45) is 0 Å². The van der Waals surface area contributed by atoms with E-state index in [1.54, 1.807) is 32.9 Å². The lowest BCUT2D eigenvalue weighted by Crippen LogP contribution is -2.70. The largest absolute Gasteiger partial charge is 0.463 e. The molecule has 1 amide bonds. The Bertz CT molecular complexity index is 516. The van der Waals surface area contributed by atoms with Gasteiger partial charge in [0.1, 0.15) is 18.2 Å². The number of hydroxylamine groups is 2. The summed E-state index contributed by atoms with van der Waals surface area (Å²) in [7, 11) is 0. The van der Waals surface area contributed by atoms with Crippen LogP contribution in [0.25, 0.3) is 0 Å². The Morgan fingerprint density at radius 2 is 2.05 bits per heavy atom. The number of carbonyl (C=O) groups excluding carboxylic acids is 2. The molecule has 4 rings (SSSR count). The second kappa shape index (κ2) is 4.53. The van der Waals surface area contributed by atoms with E-state index >= 15 is 0 Å². The molecule has 0 radical (unpaired) electrons. The molecule has 0 aromatic heterocycles. The third-order valence-electron chi connectivity index (χ3n) is 3.85. The van der Waals surface area contributed by atoms with Crippen LogP contribution in [0.2, 0.25) is 0 Å². The summed E-state index contributed by atoms with van der Waals surface area (Å²) in [6.07, 6.45) is 2.25. The summed E-state index contributed by atoms with van der Waals surface area (Å²) in [6.45, 7) is 6.83. The fraction of sp³-hybridized carbons (Fsp3) is 0.714. The van der Waals surface area contributed by atoms with Gasteiger partial charge in [0.2, 0.25) is 11.5 Å². The fourth-order valence-electron chi connectivity index (χ4n) is 3.07. The van der Waals surface area contributed by atoms with E-state index in [0.29, 0.717) is 0 Å². The zero-order chi connectivity index (χ0) is 15.4. The summed E-state index contributed by atoms with van der Waals surface area (Å²) in [6, 6.07) is -0.412. The summed E-state index contributed by atoms with van der Waals surface area (Å²) in [4.78, 5) is 29.9. The molecule has 0 aromatic rings. The van der Waals surface area contributed by atoms with Crippen LogP contribution in [0.15, 0.2) is 12.2 Å². The van der Waals surface area contributed by atoms with Crippen molar-refractivity contribution in [2.75, 3.05) is 6.61 Å². The highest BCUT2D eigenvalue weighted by atomic mass is 16.8. The fourth-order valence-corrected chi connectivity index (χ4v) is 3.07. The number of nitrogens with zero attached hydrogens (tertiary/aromatic N) is 1. The first kappa shape index (κ1) is 14.5. The summed E-state index contributed by atoms with van der Waals surface area (Å²) in [5.74, 6) is -1.74. The van der Waals surface area contributed by atoms with Crippen LogP contribution in [0.4, 0.5) is 0 Å². The first-order chi connectivity index (χ1) is 9.81. The Morgan fingerprint density at radius 3 is 2.67 bits per heavy atom. The van der Waals surface area contributed by atoms with Gasteiger partial charge in [-0.2, -0.15) is 0 Å². The molecule has 3 heterocycles. The van der Waals surface area contributed by atoms with Crippen LogP contribution >= 0.6 is 0 Å². The molecule has 0 N–H and O–H groups in total. The molecule has 4 atom stereocenters. The van der Waals surface area contributed by atoms with Crippen molar-refractivity contribution in [1.82, 2.24) is 5.06 Å². The molecule has 3 aliphatic heterocycles. The van der Waals surface area contributed by atoms with Gasteiger partial charge in [-0.25, -0.2) is 14.7 Å². The number of rotatable bonds is 2. The van der Waals surface area contributed by atoms with E-state index in [2.05, 4.69) is 0 Å². The molecule has 1 aliphatic carbocycles. The Hall–Kier alpha value is -1.44. The van der Waals surface area contributed by atoms with Gasteiger partial charge in [0, 0.05) is 6.92 Å². The number of hydrogen-bond donors (Lipinski definition) is 0. The predicted molar refractivity (Wildman–Crippen MR) is 69.7 cm³/mol. The molecule has 0 spiro atoms. The monoisotopic (exact) mass is 297 g/mol. The average molecular weight is 297 g/mol. The van der Waals surface area contributed by atoms with Gasteiger partial charge in [0.05, 0.1) is 6.61 Å². The molecule has 2 saturated heterocycles. The van der Waals surface area contributed by atoms with Crippen LogP contribution in [-0.4, -0.2) is 53.2 Å². The van der Waals surface area contributed by atoms with Gasteiger partial charge in [-0.1, -0.05) is 6.08 Å². The molecule has 4 aliphatic rings. The van der Waals surface area contributed by atoms with Crippen molar-refractivity contribution in [1.29, 1.82) is 0 Å². The van der Waals surface area contributed by atoms with Crippen LogP contribution in [-0.2, 0) is 28.6 Å². The minimum absolute atomic E-state index is 0.211. The van der Waals surface area contributed by atoms with Crippen LogP contribution in [0.5, 0.6) is 0 Å². The van der Waals surface area contributed by atoms with E-state index in [4.69, 9.17) is 19.0 Å². The minimum atomic E-state index is -1.48. The van der Waals surface area contributed by atoms with Gasteiger partial charge in [0.15, 0.2) is 5.79 Å². The lowest BCUT2D eigenvalue weighted by Gasteiger charge is -2.50. The number of hydrogen-bond acceptors (Lipinski definition) is 6. The van der Waals surface area contributed by atoms with E-state index < -0.39 is 35.6 Å². The van der Waals surface area contributed by atoms with Crippen LogP contribution < -0.4 is 0 Å². The predicted octanol–water partition coefficient (Wildman–Crippen LogP) is 0.540. The minimum Gasteiger partial charge on any atom is -0.463 e. The molecule has 2 fully saturated rings. The van der Waals surface area contributed by atoms with Crippen molar-refractivity contribution in [3.63, 3.8) is 0 Å². The highest BCUT2D eigenvalue weighted by molar-refractivity contribution is 5.85. The van der Waals surface area contributed by atoms with Gasteiger partial charge in [0.25, 0.3) is 0 Å². The standard InChI is InChI=1S/C14H19NO6/c1-5-18-12(17)14-7-6-9(15(21-14)8(2)16)10-11(14)20-13(3,4)19-10/h6-7,9-11H,5H2,1-4H3/t9-,10-,11-,14+/m1/s1. The molecule has 21 heavy (non-hydrogen) atoms. The first-order valence-corrected chi connectivity index (χ1v) is 7.02. The van der Waals surface area contributed by atoms with Crippen LogP contribution in [0.1, 0.15) is 27.7 Å². The third kappa shape index (κ3) is 1.99. The zero-order valence-corrected chi connectivity index (χ0v) is 12.5. The Labute approximate surface area is 122 Å². The Balaban J connectivity index is 2.03. The first-order valence-electron chi connectivity index (χ1n) is 7.02. The van der Waals surface area contributed by atoms with Crippen molar-refractivity contribution < 1.29 is 28.6 Å². The number of amides is 1. The normalized spacial score (nSPS) is 39.2. The highest BCUT2D eigenvalue weighted by Crippen LogP contribution is 2.47.